The van der Waals surface area contributed by atoms with Crippen LogP contribution in [0.25, 0.3) is 0 Å². The van der Waals surface area contributed by atoms with Crippen molar-refractivity contribution in [2.45, 2.75) is 25.4 Å². The van der Waals surface area contributed by atoms with Crippen LogP contribution in [0, 0.1) is 5.41 Å². The lowest BCUT2D eigenvalue weighted by Gasteiger charge is -2.42. The summed E-state index contributed by atoms with van der Waals surface area (Å²) < 4.78 is 11.6. The number of hydrogen-bond donors (Lipinski definition) is 1. The van der Waals surface area contributed by atoms with Gasteiger partial charge in [-0.1, -0.05) is 0 Å². The van der Waals surface area contributed by atoms with E-state index in [1.54, 1.807) is 0 Å². The normalized spacial score (nSPS) is 26.5. The van der Waals surface area contributed by atoms with E-state index in [4.69, 9.17) is 9.47 Å². The fourth-order valence-corrected chi connectivity index (χ4v) is 3.95. The first kappa shape index (κ1) is 16.1. The number of rotatable bonds is 6. The van der Waals surface area contributed by atoms with Crippen molar-refractivity contribution in [1.82, 2.24) is 9.88 Å². The molecule has 4 heterocycles. The van der Waals surface area contributed by atoms with E-state index < -0.39 is 0 Å². The number of aliphatic hydroxyl groups is 1. The maximum atomic E-state index is 9.60. The van der Waals surface area contributed by atoms with Gasteiger partial charge < -0.3 is 19.5 Å². The molecule has 0 bridgehead atoms. The summed E-state index contributed by atoms with van der Waals surface area (Å²) in [5.41, 5.74) is -0.0517. The summed E-state index contributed by atoms with van der Waals surface area (Å²) in [6.07, 6.45) is 5.55. The zero-order valence-electron chi connectivity index (χ0n) is 14.2. The van der Waals surface area contributed by atoms with Gasteiger partial charge in [-0.15, -0.1) is 0 Å². The molecule has 3 aliphatic rings. The molecular weight excluding hydrogens is 306 g/mol. The minimum atomic E-state index is -0.0517. The van der Waals surface area contributed by atoms with Crippen LogP contribution in [0.15, 0.2) is 18.3 Å². The Labute approximate surface area is 143 Å². The summed E-state index contributed by atoms with van der Waals surface area (Å²) in [7, 11) is 0. The standard InChI is InChI=1S/C18H27N3O3/c22-12-18(13-23-14-18)11-20-9-5-15(10-20)24-16-4-3-6-19-17(16)21-7-1-2-8-21/h3-4,6,15,22H,1-2,5,7-14H2. The van der Waals surface area contributed by atoms with Gasteiger partial charge in [0.15, 0.2) is 11.6 Å². The summed E-state index contributed by atoms with van der Waals surface area (Å²) in [4.78, 5) is 9.28. The predicted molar refractivity (Wildman–Crippen MR) is 91.5 cm³/mol. The molecule has 0 saturated carbocycles. The van der Waals surface area contributed by atoms with E-state index >= 15 is 0 Å². The molecule has 1 atom stereocenters. The van der Waals surface area contributed by atoms with Crippen LogP contribution >= 0.6 is 0 Å². The molecule has 1 N–H and O–H groups in total. The molecule has 132 valence electrons. The average Bonchev–Trinajstić information content (AvgIpc) is 3.23. The Balaban J connectivity index is 1.36. The highest BCUT2D eigenvalue weighted by Gasteiger charge is 2.41. The second kappa shape index (κ2) is 6.86. The first-order chi connectivity index (χ1) is 11.8. The lowest BCUT2D eigenvalue weighted by atomic mass is 9.86. The quantitative estimate of drug-likeness (QED) is 0.843. The van der Waals surface area contributed by atoms with Crippen molar-refractivity contribution in [2.24, 2.45) is 5.41 Å². The van der Waals surface area contributed by atoms with E-state index in [1.165, 1.54) is 12.8 Å². The van der Waals surface area contributed by atoms with E-state index in [1.807, 2.05) is 18.3 Å². The second-order valence-electron chi connectivity index (χ2n) is 7.43. The van der Waals surface area contributed by atoms with Crippen molar-refractivity contribution in [1.29, 1.82) is 0 Å². The summed E-state index contributed by atoms with van der Waals surface area (Å²) in [6.45, 7) is 6.53. The Kier molecular flexibility index (Phi) is 4.61. The number of ether oxygens (including phenoxy) is 2. The Morgan fingerprint density at radius 1 is 1.29 bits per heavy atom. The number of hydrogen-bond acceptors (Lipinski definition) is 6. The fraction of sp³-hybridized carbons (Fsp3) is 0.722. The minimum Gasteiger partial charge on any atom is -0.485 e. The van der Waals surface area contributed by atoms with Crippen molar-refractivity contribution in [3.8, 4) is 5.75 Å². The Hall–Kier alpha value is -1.37. The van der Waals surface area contributed by atoms with Gasteiger partial charge in [-0.3, -0.25) is 4.90 Å². The van der Waals surface area contributed by atoms with Crippen LogP contribution in [0.3, 0.4) is 0 Å². The molecule has 3 fully saturated rings. The van der Waals surface area contributed by atoms with Gasteiger partial charge in [0.05, 0.1) is 25.2 Å². The van der Waals surface area contributed by atoms with Crippen LogP contribution in [0.2, 0.25) is 0 Å². The number of anilines is 1. The molecule has 0 amide bonds. The first-order valence-corrected chi connectivity index (χ1v) is 9.06. The van der Waals surface area contributed by atoms with Gasteiger partial charge in [-0.05, 0) is 31.4 Å². The minimum absolute atomic E-state index is 0.0517. The summed E-state index contributed by atoms with van der Waals surface area (Å²) in [6, 6.07) is 3.99. The van der Waals surface area contributed by atoms with E-state index in [0.29, 0.717) is 13.2 Å². The lowest BCUT2D eigenvalue weighted by Crippen LogP contribution is -2.53. The van der Waals surface area contributed by atoms with Crippen LogP contribution in [0.5, 0.6) is 5.75 Å². The predicted octanol–water partition coefficient (Wildman–Crippen LogP) is 1.14. The van der Waals surface area contributed by atoms with Crippen molar-refractivity contribution in [2.75, 3.05) is 57.4 Å². The monoisotopic (exact) mass is 333 g/mol. The van der Waals surface area contributed by atoms with E-state index in [0.717, 1.165) is 50.7 Å². The van der Waals surface area contributed by atoms with Gasteiger partial charge in [0, 0.05) is 38.9 Å². The molecular formula is C18H27N3O3. The van der Waals surface area contributed by atoms with Crippen LogP contribution < -0.4 is 9.64 Å². The Morgan fingerprint density at radius 2 is 2.12 bits per heavy atom. The molecule has 0 aromatic carbocycles. The largest absolute Gasteiger partial charge is 0.485 e. The lowest BCUT2D eigenvalue weighted by molar-refractivity contribution is -0.147. The molecule has 3 saturated heterocycles. The molecule has 0 spiro atoms. The highest BCUT2D eigenvalue weighted by molar-refractivity contribution is 5.52. The number of nitrogens with zero attached hydrogens (tertiary/aromatic N) is 3. The van der Waals surface area contributed by atoms with Gasteiger partial charge >= 0.3 is 0 Å². The van der Waals surface area contributed by atoms with Gasteiger partial charge in [0.25, 0.3) is 0 Å². The van der Waals surface area contributed by atoms with Crippen LogP contribution in [-0.2, 0) is 4.74 Å². The van der Waals surface area contributed by atoms with Crippen molar-refractivity contribution >= 4 is 5.82 Å². The van der Waals surface area contributed by atoms with E-state index in [9.17, 15) is 5.11 Å². The smallest absolute Gasteiger partial charge is 0.171 e. The molecule has 0 radical (unpaired) electrons. The van der Waals surface area contributed by atoms with Crippen molar-refractivity contribution < 1.29 is 14.6 Å². The molecule has 4 rings (SSSR count). The molecule has 6 nitrogen and oxygen atoms in total. The molecule has 6 heteroatoms. The third-order valence-corrected chi connectivity index (χ3v) is 5.39. The zero-order valence-corrected chi connectivity index (χ0v) is 14.2. The van der Waals surface area contributed by atoms with Crippen LogP contribution in [0.1, 0.15) is 19.3 Å². The van der Waals surface area contributed by atoms with E-state index in [-0.39, 0.29) is 18.1 Å². The third kappa shape index (κ3) is 3.23. The maximum absolute atomic E-state index is 9.60. The Bertz CT molecular complexity index is 553. The fourth-order valence-electron chi connectivity index (χ4n) is 3.95. The molecule has 0 aliphatic carbocycles. The summed E-state index contributed by atoms with van der Waals surface area (Å²) in [5, 5.41) is 9.60. The highest BCUT2D eigenvalue weighted by atomic mass is 16.5. The van der Waals surface area contributed by atoms with Gasteiger partial charge in [0.1, 0.15) is 6.10 Å². The van der Waals surface area contributed by atoms with Gasteiger partial charge in [-0.25, -0.2) is 4.98 Å². The molecule has 1 unspecified atom stereocenters. The number of pyridine rings is 1. The Morgan fingerprint density at radius 3 is 2.83 bits per heavy atom. The average molecular weight is 333 g/mol. The summed E-state index contributed by atoms with van der Waals surface area (Å²) >= 11 is 0. The topological polar surface area (TPSA) is 58.1 Å². The zero-order chi connectivity index (χ0) is 16.4. The summed E-state index contributed by atoms with van der Waals surface area (Å²) in [5.74, 6) is 1.91. The van der Waals surface area contributed by atoms with Gasteiger partial charge in [-0.2, -0.15) is 0 Å². The van der Waals surface area contributed by atoms with Crippen LogP contribution in [-0.4, -0.2) is 73.6 Å². The maximum Gasteiger partial charge on any atom is 0.171 e. The molecule has 1 aromatic heterocycles. The third-order valence-electron chi connectivity index (χ3n) is 5.39. The molecule has 24 heavy (non-hydrogen) atoms. The van der Waals surface area contributed by atoms with Crippen molar-refractivity contribution in [3.05, 3.63) is 18.3 Å². The molecule has 1 aromatic rings. The first-order valence-electron chi connectivity index (χ1n) is 9.06. The second-order valence-corrected chi connectivity index (χ2v) is 7.43. The highest BCUT2D eigenvalue weighted by Crippen LogP contribution is 2.32. The number of aromatic nitrogens is 1. The van der Waals surface area contributed by atoms with Gasteiger partial charge in [0.2, 0.25) is 0 Å². The number of aliphatic hydroxyl groups excluding tert-OH is 1. The number of likely N-dealkylation sites (tertiary alicyclic amines) is 1. The SMILES string of the molecule is OCC1(CN2CCC(Oc3cccnc3N3CCCC3)C2)COC1. The molecule has 3 aliphatic heterocycles. The van der Waals surface area contributed by atoms with E-state index in [2.05, 4.69) is 14.8 Å². The van der Waals surface area contributed by atoms with Crippen molar-refractivity contribution in [3.63, 3.8) is 0 Å². The van der Waals surface area contributed by atoms with Crippen LogP contribution in [0.4, 0.5) is 5.82 Å².